The van der Waals surface area contributed by atoms with E-state index >= 15 is 0 Å². The van der Waals surface area contributed by atoms with Gasteiger partial charge in [-0.05, 0) is 12.0 Å². The molecule has 1 aliphatic rings. The van der Waals surface area contributed by atoms with Crippen LogP contribution in [0.15, 0.2) is 24.3 Å². The number of nitro benzene ring substituents is 1. The van der Waals surface area contributed by atoms with Crippen molar-refractivity contribution in [2.24, 2.45) is 0 Å². The highest BCUT2D eigenvalue weighted by atomic mass is 16.6. The van der Waals surface area contributed by atoms with Crippen LogP contribution >= 0.6 is 0 Å². The highest BCUT2D eigenvalue weighted by Crippen LogP contribution is 2.13. The van der Waals surface area contributed by atoms with Gasteiger partial charge in [-0.2, -0.15) is 0 Å². The van der Waals surface area contributed by atoms with Gasteiger partial charge < -0.3 is 9.80 Å². The topological polar surface area (TPSA) is 83.8 Å². The van der Waals surface area contributed by atoms with E-state index in [1.54, 1.807) is 21.9 Å². The standard InChI is InChI=1S/C15H19N3O4/c1-12(19)16-7-2-8-17(10-9-16)15(20)11-13-3-5-14(6-4-13)18(21)22/h3-6H,2,7-11H2,1H3. The van der Waals surface area contributed by atoms with Crippen LogP contribution in [0.1, 0.15) is 18.9 Å². The fraction of sp³-hybridized carbons (Fsp3) is 0.467. The Balaban J connectivity index is 1.94. The fourth-order valence-corrected chi connectivity index (χ4v) is 2.50. The predicted octanol–water partition coefficient (Wildman–Crippen LogP) is 1.22. The van der Waals surface area contributed by atoms with Crippen LogP contribution in [0.4, 0.5) is 5.69 Å². The van der Waals surface area contributed by atoms with Crippen LogP contribution < -0.4 is 0 Å². The van der Waals surface area contributed by atoms with Crippen LogP contribution in [0, 0.1) is 10.1 Å². The summed E-state index contributed by atoms with van der Waals surface area (Å²) in [6.45, 7) is 3.94. The second-order valence-electron chi connectivity index (χ2n) is 5.34. The lowest BCUT2D eigenvalue weighted by atomic mass is 10.1. The highest BCUT2D eigenvalue weighted by Gasteiger charge is 2.20. The van der Waals surface area contributed by atoms with Gasteiger partial charge in [-0.15, -0.1) is 0 Å². The van der Waals surface area contributed by atoms with Gasteiger partial charge in [0.05, 0.1) is 11.3 Å². The van der Waals surface area contributed by atoms with Gasteiger partial charge in [0.15, 0.2) is 0 Å². The van der Waals surface area contributed by atoms with Crippen molar-refractivity contribution < 1.29 is 14.5 Å². The molecule has 0 atom stereocenters. The molecule has 0 radical (unpaired) electrons. The first-order valence-electron chi connectivity index (χ1n) is 7.24. The van der Waals surface area contributed by atoms with E-state index in [-0.39, 0.29) is 23.9 Å². The van der Waals surface area contributed by atoms with Crippen molar-refractivity contribution in [3.8, 4) is 0 Å². The molecule has 0 saturated carbocycles. The van der Waals surface area contributed by atoms with E-state index in [1.807, 2.05) is 0 Å². The van der Waals surface area contributed by atoms with Crippen molar-refractivity contribution >= 4 is 17.5 Å². The molecule has 1 aromatic carbocycles. The zero-order valence-corrected chi connectivity index (χ0v) is 12.5. The molecule has 118 valence electrons. The average molecular weight is 305 g/mol. The van der Waals surface area contributed by atoms with Gasteiger partial charge in [-0.1, -0.05) is 12.1 Å². The Morgan fingerprint density at radius 2 is 1.68 bits per heavy atom. The van der Waals surface area contributed by atoms with E-state index in [2.05, 4.69) is 0 Å². The molecule has 0 aromatic heterocycles. The molecule has 1 heterocycles. The maximum absolute atomic E-state index is 12.3. The number of amides is 2. The fourth-order valence-electron chi connectivity index (χ4n) is 2.50. The van der Waals surface area contributed by atoms with E-state index in [1.165, 1.54) is 19.1 Å². The first-order chi connectivity index (χ1) is 10.5. The summed E-state index contributed by atoms with van der Waals surface area (Å²) in [5, 5.41) is 10.6. The van der Waals surface area contributed by atoms with Crippen LogP contribution in [-0.2, 0) is 16.0 Å². The van der Waals surface area contributed by atoms with Crippen molar-refractivity contribution in [3.05, 3.63) is 39.9 Å². The summed E-state index contributed by atoms with van der Waals surface area (Å²) < 4.78 is 0. The Hall–Kier alpha value is -2.44. The number of nitro groups is 1. The minimum atomic E-state index is -0.462. The molecule has 7 heteroatoms. The van der Waals surface area contributed by atoms with Crippen LogP contribution in [0.2, 0.25) is 0 Å². The Labute approximate surface area is 128 Å². The summed E-state index contributed by atoms with van der Waals surface area (Å²) in [5.74, 6) is 0.0175. The number of carbonyl (C=O) groups excluding carboxylic acids is 2. The van der Waals surface area contributed by atoms with Gasteiger partial charge in [0.25, 0.3) is 5.69 Å². The number of benzene rings is 1. The molecule has 1 fully saturated rings. The second-order valence-corrected chi connectivity index (χ2v) is 5.34. The van der Waals surface area contributed by atoms with Crippen LogP contribution in [0.3, 0.4) is 0 Å². The van der Waals surface area contributed by atoms with Gasteiger partial charge in [0, 0.05) is 45.2 Å². The zero-order valence-electron chi connectivity index (χ0n) is 12.5. The van der Waals surface area contributed by atoms with E-state index in [0.717, 1.165) is 12.0 Å². The number of non-ortho nitro benzene ring substituents is 1. The minimum Gasteiger partial charge on any atom is -0.341 e. The van der Waals surface area contributed by atoms with Crippen molar-refractivity contribution in [3.63, 3.8) is 0 Å². The molecule has 0 spiro atoms. The molecule has 7 nitrogen and oxygen atoms in total. The smallest absolute Gasteiger partial charge is 0.269 e. The van der Waals surface area contributed by atoms with E-state index in [4.69, 9.17) is 0 Å². The number of carbonyl (C=O) groups is 2. The van der Waals surface area contributed by atoms with Crippen LogP contribution in [0.5, 0.6) is 0 Å². The molecular formula is C15H19N3O4. The van der Waals surface area contributed by atoms with E-state index in [9.17, 15) is 19.7 Å². The van der Waals surface area contributed by atoms with Gasteiger partial charge in [0.1, 0.15) is 0 Å². The zero-order chi connectivity index (χ0) is 16.1. The summed E-state index contributed by atoms with van der Waals surface area (Å²) in [4.78, 5) is 37.3. The Bertz CT molecular complexity index is 571. The molecule has 1 saturated heterocycles. The molecule has 1 aliphatic heterocycles. The summed E-state index contributed by atoms with van der Waals surface area (Å²) in [7, 11) is 0. The van der Waals surface area contributed by atoms with Gasteiger partial charge >= 0.3 is 0 Å². The van der Waals surface area contributed by atoms with Gasteiger partial charge in [-0.3, -0.25) is 19.7 Å². The third-order valence-electron chi connectivity index (χ3n) is 3.80. The highest BCUT2D eigenvalue weighted by molar-refractivity contribution is 5.79. The lowest BCUT2D eigenvalue weighted by Crippen LogP contribution is -2.37. The van der Waals surface area contributed by atoms with Gasteiger partial charge in [-0.25, -0.2) is 0 Å². The van der Waals surface area contributed by atoms with Crippen molar-refractivity contribution in [2.75, 3.05) is 26.2 Å². The minimum absolute atomic E-state index is 0.0146. The van der Waals surface area contributed by atoms with Crippen LogP contribution in [0.25, 0.3) is 0 Å². The molecule has 0 bridgehead atoms. The quantitative estimate of drug-likeness (QED) is 0.621. The van der Waals surface area contributed by atoms with Crippen LogP contribution in [-0.4, -0.2) is 52.7 Å². The SMILES string of the molecule is CC(=O)N1CCCN(C(=O)Cc2ccc([N+](=O)[O-])cc2)CC1. The summed E-state index contributed by atoms with van der Waals surface area (Å²) in [6, 6.07) is 6.02. The van der Waals surface area contributed by atoms with Crippen molar-refractivity contribution in [1.29, 1.82) is 0 Å². The molecule has 2 amide bonds. The first kappa shape index (κ1) is 15.9. The van der Waals surface area contributed by atoms with E-state index < -0.39 is 4.92 Å². The average Bonchev–Trinajstić information content (AvgIpc) is 2.73. The number of hydrogen-bond acceptors (Lipinski definition) is 4. The lowest BCUT2D eigenvalue weighted by molar-refractivity contribution is -0.384. The normalized spacial score (nSPS) is 15.3. The Kier molecular flexibility index (Phi) is 5.08. The second kappa shape index (κ2) is 7.02. The third kappa shape index (κ3) is 4.03. The molecule has 2 rings (SSSR count). The molecule has 22 heavy (non-hydrogen) atoms. The number of rotatable bonds is 3. The van der Waals surface area contributed by atoms with Crippen molar-refractivity contribution in [1.82, 2.24) is 9.80 Å². The van der Waals surface area contributed by atoms with Crippen molar-refractivity contribution in [2.45, 2.75) is 19.8 Å². The lowest BCUT2D eigenvalue weighted by Gasteiger charge is -2.21. The van der Waals surface area contributed by atoms with Gasteiger partial charge in [0.2, 0.25) is 11.8 Å². The summed E-state index contributed by atoms with van der Waals surface area (Å²) in [6.07, 6.45) is 0.990. The predicted molar refractivity (Wildman–Crippen MR) is 80.3 cm³/mol. The molecule has 0 unspecified atom stereocenters. The monoisotopic (exact) mass is 305 g/mol. The first-order valence-corrected chi connectivity index (χ1v) is 7.24. The Morgan fingerprint density at radius 3 is 2.27 bits per heavy atom. The summed E-state index contributed by atoms with van der Waals surface area (Å²) in [5.41, 5.74) is 0.770. The molecule has 0 N–H and O–H groups in total. The maximum atomic E-state index is 12.3. The number of hydrogen-bond donors (Lipinski definition) is 0. The maximum Gasteiger partial charge on any atom is 0.269 e. The molecule has 1 aromatic rings. The molecule has 0 aliphatic carbocycles. The Morgan fingerprint density at radius 1 is 1.09 bits per heavy atom. The third-order valence-corrected chi connectivity index (χ3v) is 3.80. The number of nitrogens with zero attached hydrogens (tertiary/aromatic N) is 3. The summed E-state index contributed by atoms with van der Waals surface area (Å²) >= 11 is 0. The molecular weight excluding hydrogens is 286 g/mol. The van der Waals surface area contributed by atoms with E-state index in [0.29, 0.717) is 26.2 Å². The largest absolute Gasteiger partial charge is 0.341 e.